The van der Waals surface area contributed by atoms with Crippen LogP contribution in [0, 0.1) is 5.92 Å². The van der Waals surface area contributed by atoms with E-state index in [1.165, 1.54) is 0 Å². The van der Waals surface area contributed by atoms with Crippen molar-refractivity contribution in [1.82, 2.24) is 16.0 Å². The number of carboxylic acids is 1. The Morgan fingerprint density at radius 1 is 0.897 bits per heavy atom. The smallest absolute Gasteiger partial charge is 0.322 e. The summed E-state index contributed by atoms with van der Waals surface area (Å²) in [5, 5.41) is 15.5. The van der Waals surface area contributed by atoms with Crippen LogP contribution in [0.1, 0.15) is 33.1 Å². The van der Waals surface area contributed by atoms with Crippen LogP contribution in [0.4, 0.5) is 0 Å². The molecule has 0 aliphatic carbocycles. The topological polar surface area (TPSA) is 237 Å². The van der Waals surface area contributed by atoms with Gasteiger partial charge in [-0.05, 0) is 12.3 Å². The maximum Gasteiger partial charge on any atom is 0.322 e. The highest BCUT2D eigenvalue weighted by Gasteiger charge is 2.30. The van der Waals surface area contributed by atoms with E-state index in [9.17, 15) is 28.8 Å². The van der Waals surface area contributed by atoms with Crippen molar-refractivity contribution in [1.29, 1.82) is 0 Å². The first-order chi connectivity index (χ1) is 13.3. The molecule has 29 heavy (non-hydrogen) atoms. The third-order valence-electron chi connectivity index (χ3n) is 3.73. The summed E-state index contributed by atoms with van der Waals surface area (Å²) in [5.74, 6) is -5.63. The van der Waals surface area contributed by atoms with E-state index in [0.717, 1.165) is 0 Å². The molecule has 3 atom stereocenters. The first-order valence-electron chi connectivity index (χ1n) is 8.77. The number of carboxylic acid groups (broad SMARTS) is 1. The predicted molar refractivity (Wildman–Crippen MR) is 99.6 cm³/mol. The van der Waals surface area contributed by atoms with Crippen molar-refractivity contribution < 1.29 is 33.9 Å². The lowest BCUT2D eigenvalue weighted by Crippen LogP contribution is -2.57. The number of aliphatic carboxylic acids is 1. The number of rotatable bonds is 13. The zero-order chi connectivity index (χ0) is 22.7. The molecule has 0 aliphatic heterocycles. The molecule has 13 nitrogen and oxygen atoms in total. The number of carbonyl (C=O) groups excluding carboxylic acids is 5. The molecule has 0 aromatic rings. The van der Waals surface area contributed by atoms with Crippen LogP contribution in [0.25, 0.3) is 0 Å². The maximum absolute atomic E-state index is 12.6. The largest absolute Gasteiger partial charge is 0.480 e. The van der Waals surface area contributed by atoms with E-state index >= 15 is 0 Å². The third-order valence-corrected chi connectivity index (χ3v) is 3.73. The van der Waals surface area contributed by atoms with E-state index in [4.69, 9.17) is 22.3 Å². The molecular formula is C16H28N6O7. The fourth-order valence-electron chi connectivity index (χ4n) is 2.21. The molecule has 13 heteroatoms. The van der Waals surface area contributed by atoms with Gasteiger partial charge in [0.25, 0.3) is 0 Å². The van der Waals surface area contributed by atoms with E-state index in [1.54, 1.807) is 13.8 Å². The Bertz CT molecular complexity index is 652. The zero-order valence-electron chi connectivity index (χ0n) is 16.3. The van der Waals surface area contributed by atoms with Crippen molar-refractivity contribution in [2.24, 2.45) is 23.1 Å². The molecule has 10 N–H and O–H groups in total. The van der Waals surface area contributed by atoms with Gasteiger partial charge in [0.05, 0.1) is 12.5 Å². The lowest BCUT2D eigenvalue weighted by Gasteiger charge is -2.26. The number of hydrogen-bond donors (Lipinski definition) is 7. The molecule has 0 spiro atoms. The Morgan fingerprint density at radius 2 is 1.48 bits per heavy atom. The number of primary amides is 2. The SMILES string of the molecule is CC(C)C(NC(=O)C(N)CC(N)=O)C(=O)NC(CCC(N)=O)C(=O)NCC(=O)O. The molecule has 0 aromatic heterocycles. The summed E-state index contributed by atoms with van der Waals surface area (Å²) in [6.07, 6.45) is -0.836. The second kappa shape index (κ2) is 12.3. The predicted octanol–water partition coefficient (Wildman–Crippen LogP) is -3.72. The number of hydrogen-bond acceptors (Lipinski definition) is 7. The normalized spacial score (nSPS) is 13.7. The van der Waals surface area contributed by atoms with Crippen LogP contribution < -0.4 is 33.2 Å². The molecule has 0 heterocycles. The Hall–Kier alpha value is -3.22. The van der Waals surface area contributed by atoms with E-state index in [0.29, 0.717) is 0 Å². The monoisotopic (exact) mass is 416 g/mol. The van der Waals surface area contributed by atoms with E-state index < -0.39 is 72.5 Å². The van der Waals surface area contributed by atoms with Gasteiger partial charge in [0.15, 0.2) is 0 Å². The van der Waals surface area contributed by atoms with Gasteiger partial charge in [-0.3, -0.25) is 28.8 Å². The average molecular weight is 416 g/mol. The van der Waals surface area contributed by atoms with Crippen LogP contribution in [-0.4, -0.2) is 65.3 Å². The fourth-order valence-corrected chi connectivity index (χ4v) is 2.21. The summed E-state index contributed by atoms with van der Waals surface area (Å²) in [6, 6.07) is -3.64. The highest BCUT2D eigenvalue weighted by molar-refractivity contribution is 5.95. The second-order valence-electron chi connectivity index (χ2n) is 6.68. The Balaban J connectivity index is 5.22. The van der Waals surface area contributed by atoms with Gasteiger partial charge in [-0.15, -0.1) is 0 Å². The average Bonchev–Trinajstić information content (AvgIpc) is 2.59. The minimum absolute atomic E-state index is 0.174. The molecule has 0 bridgehead atoms. The molecule has 0 saturated heterocycles. The highest BCUT2D eigenvalue weighted by Crippen LogP contribution is 2.06. The molecule has 164 valence electrons. The number of nitrogens with one attached hydrogen (secondary N) is 3. The zero-order valence-corrected chi connectivity index (χ0v) is 16.3. The minimum atomic E-state index is -1.30. The highest BCUT2D eigenvalue weighted by atomic mass is 16.4. The standard InChI is InChI=1S/C16H28N6O7/c1-7(2)13(22-14(27)8(17)5-11(19)24)16(29)21-9(3-4-10(18)23)15(28)20-6-12(25)26/h7-9,13H,3-6,17H2,1-2H3,(H2,18,23)(H2,19,24)(H,20,28)(H,21,29)(H,22,27)(H,25,26). The second-order valence-corrected chi connectivity index (χ2v) is 6.68. The number of amides is 5. The van der Waals surface area contributed by atoms with Crippen molar-refractivity contribution >= 4 is 35.5 Å². The Kier molecular flexibility index (Phi) is 10.9. The summed E-state index contributed by atoms with van der Waals surface area (Å²) < 4.78 is 0. The summed E-state index contributed by atoms with van der Waals surface area (Å²) in [7, 11) is 0. The van der Waals surface area contributed by atoms with Gasteiger partial charge in [0, 0.05) is 6.42 Å². The van der Waals surface area contributed by atoms with Gasteiger partial charge >= 0.3 is 5.97 Å². The van der Waals surface area contributed by atoms with Gasteiger partial charge in [-0.1, -0.05) is 13.8 Å². The number of carbonyl (C=O) groups is 6. The van der Waals surface area contributed by atoms with Crippen molar-refractivity contribution in [2.45, 2.75) is 51.2 Å². The van der Waals surface area contributed by atoms with Gasteiger partial charge < -0.3 is 38.3 Å². The first kappa shape index (κ1) is 25.8. The van der Waals surface area contributed by atoms with Crippen LogP contribution in [0.3, 0.4) is 0 Å². The molecular weight excluding hydrogens is 388 g/mol. The quantitative estimate of drug-likeness (QED) is 0.157. The molecule has 0 rings (SSSR count). The molecule has 0 saturated carbocycles. The molecule has 5 amide bonds. The summed E-state index contributed by atoms with van der Waals surface area (Å²) in [4.78, 5) is 69.3. The van der Waals surface area contributed by atoms with Crippen LogP contribution in [0.2, 0.25) is 0 Å². The summed E-state index contributed by atoms with van der Waals surface area (Å²) in [6.45, 7) is 2.55. The van der Waals surface area contributed by atoms with E-state index in [2.05, 4.69) is 16.0 Å². The molecule has 0 aromatic carbocycles. The van der Waals surface area contributed by atoms with Crippen molar-refractivity contribution in [2.75, 3.05) is 6.54 Å². The lowest BCUT2D eigenvalue weighted by atomic mass is 10.0. The van der Waals surface area contributed by atoms with Crippen LogP contribution in [0.5, 0.6) is 0 Å². The first-order valence-corrected chi connectivity index (χ1v) is 8.77. The summed E-state index contributed by atoms with van der Waals surface area (Å²) >= 11 is 0. The summed E-state index contributed by atoms with van der Waals surface area (Å²) in [5.41, 5.74) is 15.6. The third kappa shape index (κ3) is 10.6. The Labute approximate surface area is 167 Å². The van der Waals surface area contributed by atoms with Gasteiger partial charge in [0.2, 0.25) is 29.5 Å². The van der Waals surface area contributed by atoms with E-state index in [-0.39, 0.29) is 12.8 Å². The molecule has 0 radical (unpaired) electrons. The maximum atomic E-state index is 12.6. The molecule has 3 unspecified atom stereocenters. The van der Waals surface area contributed by atoms with Gasteiger partial charge in [-0.25, -0.2) is 0 Å². The van der Waals surface area contributed by atoms with Gasteiger partial charge in [0.1, 0.15) is 18.6 Å². The Morgan fingerprint density at radius 3 is 1.93 bits per heavy atom. The van der Waals surface area contributed by atoms with Crippen molar-refractivity contribution in [3.63, 3.8) is 0 Å². The molecule has 0 aliphatic rings. The van der Waals surface area contributed by atoms with Crippen LogP contribution in [0.15, 0.2) is 0 Å². The lowest BCUT2D eigenvalue weighted by molar-refractivity contribution is -0.138. The van der Waals surface area contributed by atoms with E-state index in [1.807, 2.05) is 0 Å². The van der Waals surface area contributed by atoms with Crippen molar-refractivity contribution in [3.05, 3.63) is 0 Å². The van der Waals surface area contributed by atoms with Gasteiger partial charge in [-0.2, -0.15) is 0 Å². The fraction of sp³-hybridized carbons (Fsp3) is 0.625. The van der Waals surface area contributed by atoms with Crippen molar-refractivity contribution in [3.8, 4) is 0 Å². The number of nitrogens with two attached hydrogens (primary N) is 3. The van der Waals surface area contributed by atoms with Crippen LogP contribution >= 0.6 is 0 Å². The van der Waals surface area contributed by atoms with Crippen LogP contribution in [-0.2, 0) is 28.8 Å². The molecule has 0 fully saturated rings. The minimum Gasteiger partial charge on any atom is -0.480 e.